The van der Waals surface area contributed by atoms with Gasteiger partial charge in [0.05, 0.1) is 22.5 Å². The summed E-state index contributed by atoms with van der Waals surface area (Å²) in [5.41, 5.74) is -0.536. The molecule has 31 heavy (non-hydrogen) atoms. The number of nitrogens with one attached hydrogen (secondary N) is 1. The van der Waals surface area contributed by atoms with Gasteiger partial charge in [0.2, 0.25) is 15.9 Å². The molecular weight excluding hydrogens is 496 g/mol. The highest BCUT2D eigenvalue weighted by Gasteiger charge is 2.34. The van der Waals surface area contributed by atoms with Crippen molar-refractivity contribution in [3.05, 3.63) is 63.6 Å². The Bertz CT molecular complexity index is 1030. The SMILES string of the molecule is CS(=O)(=O)N(CC(=O)NCCSCc1ccccc1Cl)c1ccc(Cl)c(C(F)(F)F)c1. The molecule has 12 heteroatoms. The average Bonchev–Trinajstić information content (AvgIpc) is 2.66. The quantitative estimate of drug-likeness (QED) is 0.486. The zero-order chi connectivity index (χ0) is 23.2. The Kier molecular flexibility index (Phi) is 8.93. The molecule has 170 valence electrons. The Morgan fingerprint density at radius 2 is 1.81 bits per heavy atom. The molecule has 0 aliphatic rings. The summed E-state index contributed by atoms with van der Waals surface area (Å²) in [6.45, 7) is -0.410. The van der Waals surface area contributed by atoms with Crippen molar-refractivity contribution in [1.29, 1.82) is 0 Å². The topological polar surface area (TPSA) is 66.5 Å². The van der Waals surface area contributed by atoms with Crippen LogP contribution in [0.1, 0.15) is 11.1 Å². The van der Waals surface area contributed by atoms with E-state index >= 15 is 0 Å². The molecule has 5 nitrogen and oxygen atoms in total. The third-order valence-electron chi connectivity index (χ3n) is 4.01. The second-order valence-corrected chi connectivity index (χ2v) is 10.3. The van der Waals surface area contributed by atoms with Gasteiger partial charge >= 0.3 is 6.18 Å². The Labute approximate surface area is 193 Å². The maximum Gasteiger partial charge on any atom is 0.417 e. The number of thioether (sulfide) groups is 1. The number of carbonyl (C=O) groups excluding carboxylic acids is 1. The van der Waals surface area contributed by atoms with E-state index in [0.717, 1.165) is 24.0 Å². The van der Waals surface area contributed by atoms with Gasteiger partial charge in [0.15, 0.2) is 0 Å². The first-order chi connectivity index (χ1) is 14.4. The van der Waals surface area contributed by atoms with Gasteiger partial charge in [-0.1, -0.05) is 41.4 Å². The molecule has 1 amide bonds. The van der Waals surface area contributed by atoms with Crippen LogP contribution in [0.5, 0.6) is 0 Å². The monoisotopic (exact) mass is 514 g/mol. The van der Waals surface area contributed by atoms with Crippen LogP contribution in [0.2, 0.25) is 10.0 Å². The van der Waals surface area contributed by atoms with E-state index in [-0.39, 0.29) is 12.2 Å². The molecule has 0 heterocycles. The molecule has 0 aromatic heterocycles. The summed E-state index contributed by atoms with van der Waals surface area (Å²) in [6.07, 6.45) is -3.96. The second kappa shape index (κ2) is 10.8. The second-order valence-electron chi connectivity index (χ2n) is 6.43. The number of nitrogens with zero attached hydrogens (tertiary/aromatic N) is 1. The van der Waals surface area contributed by atoms with Crippen LogP contribution in [-0.2, 0) is 26.7 Å². The Morgan fingerprint density at radius 3 is 2.42 bits per heavy atom. The lowest BCUT2D eigenvalue weighted by Gasteiger charge is -2.23. The van der Waals surface area contributed by atoms with E-state index in [1.54, 1.807) is 6.07 Å². The molecule has 0 unspecified atom stereocenters. The summed E-state index contributed by atoms with van der Waals surface area (Å²) >= 11 is 13.2. The molecule has 0 bridgehead atoms. The fourth-order valence-electron chi connectivity index (χ4n) is 2.53. The first kappa shape index (κ1) is 25.6. The number of carbonyl (C=O) groups is 1. The van der Waals surface area contributed by atoms with Crippen molar-refractivity contribution in [2.24, 2.45) is 0 Å². The van der Waals surface area contributed by atoms with E-state index in [2.05, 4.69) is 5.32 Å². The summed E-state index contributed by atoms with van der Waals surface area (Å²) in [5.74, 6) is 0.526. The van der Waals surface area contributed by atoms with Crippen molar-refractivity contribution in [1.82, 2.24) is 5.32 Å². The van der Waals surface area contributed by atoms with Gasteiger partial charge < -0.3 is 5.32 Å². The van der Waals surface area contributed by atoms with Crippen LogP contribution >= 0.6 is 35.0 Å². The van der Waals surface area contributed by atoms with E-state index in [1.807, 2.05) is 18.2 Å². The van der Waals surface area contributed by atoms with Crippen molar-refractivity contribution >= 4 is 56.6 Å². The number of alkyl halides is 3. The van der Waals surface area contributed by atoms with Gasteiger partial charge in [-0.2, -0.15) is 24.9 Å². The van der Waals surface area contributed by atoms with Crippen molar-refractivity contribution in [3.8, 4) is 0 Å². The van der Waals surface area contributed by atoms with E-state index in [0.29, 0.717) is 26.9 Å². The zero-order valence-corrected chi connectivity index (χ0v) is 19.4. The van der Waals surface area contributed by atoms with Gasteiger partial charge in [0.25, 0.3) is 0 Å². The van der Waals surface area contributed by atoms with E-state index in [1.165, 1.54) is 11.8 Å². The minimum Gasteiger partial charge on any atom is -0.354 e. The number of amides is 1. The molecule has 0 aliphatic heterocycles. The number of hydrogen-bond acceptors (Lipinski definition) is 4. The standard InChI is InChI=1S/C19H19Cl2F3N2O3S2/c1-31(28,29)26(14-6-7-17(21)15(10-14)19(22,23)24)11-18(27)25-8-9-30-12-13-4-2-3-5-16(13)20/h2-7,10H,8-9,11-12H2,1H3,(H,25,27). The van der Waals surface area contributed by atoms with Crippen LogP contribution in [0.4, 0.5) is 18.9 Å². The summed E-state index contributed by atoms with van der Waals surface area (Å²) in [6, 6.07) is 10.0. The lowest BCUT2D eigenvalue weighted by molar-refractivity contribution is -0.137. The molecule has 2 aromatic carbocycles. The van der Waals surface area contributed by atoms with Crippen molar-refractivity contribution in [3.63, 3.8) is 0 Å². The van der Waals surface area contributed by atoms with Gasteiger partial charge in [0.1, 0.15) is 6.54 Å². The fraction of sp³-hybridized carbons (Fsp3) is 0.316. The van der Waals surface area contributed by atoms with Crippen molar-refractivity contribution in [2.75, 3.05) is 29.4 Å². The third kappa shape index (κ3) is 7.78. The molecule has 0 fully saturated rings. The minimum atomic E-state index is -4.77. The summed E-state index contributed by atoms with van der Waals surface area (Å²) in [5, 5.41) is 2.64. The van der Waals surface area contributed by atoms with Crippen LogP contribution < -0.4 is 9.62 Å². The fourth-order valence-corrected chi connectivity index (χ4v) is 4.75. The lowest BCUT2D eigenvalue weighted by Crippen LogP contribution is -2.41. The van der Waals surface area contributed by atoms with Crippen LogP contribution in [-0.4, -0.2) is 39.4 Å². The smallest absolute Gasteiger partial charge is 0.354 e. The maximum atomic E-state index is 13.1. The number of sulfonamides is 1. The zero-order valence-electron chi connectivity index (χ0n) is 16.2. The molecule has 0 atom stereocenters. The van der Waals surface area contributed by atoms with Crippen LogP contribution in [0, 0.1) is 0 Å². The Hall–Kier alpha value is -1.62. The van der Waals surface area contributed by atoms with Crippen LogP contribution in [0.15, 0.2) is 42.5 Å². The molecule has 0 spiro atoms. The summed E-state index contributed by atoms with van der Waals surface area (Å²) < 4.78 is 64.1. The number of anilines is 1. The van der Waals surface area contributed by atoms with E-state index in [4.69, 9.17) is 23.2 Å². The predicted octanol–water partition coefficient (Wildman–Crippen LogP) is 4.83. The highest BCUT2D eigenvalue weighted by molar-refractivity contribution is 7.98. The normalized spacial score (nSPS) is 11.9. The first-order valence-electron chi connectivity index (χ1n) is 8.82. The Balaban J connectivity index is 1.97. The molecule has 1 N–H and O–H groups in total. The highest BCUT2D eigenvalue weighted by atomic mass is 35.5. The summed E-state index contributed by atoms with van der Waals surface area (Å²) in [4.78, 5) is 12.2. The Morgan fingerprint density at radius 1 is 1.13 bits per heavy atom. The first-order valence-corrected chi connectivity index (χ1v) is 12.6. The maximum absolute atomic E-state index is 13.1. The number of halogens is 5. The average molecular weight is 515 g/mol. The molecule has 0 saturated carbocycles. The minimum absolute atomic E-state index is 0.250. The van der Waals surface area contributed by atoms with Crippen LogP contribution in [0.25, 0.3) is 0 Å². The van der Waals surface area contributed by atoms with Crippen molar-refractivity contribution < 1.29 is 26.4 Å². The van der Waals surface area contributed by atoms with Gasteiger partial charge in [-0.15, -0.1) is 0 Å². The molecule has 0 aliphatic carbocycles. The van der Waals surface area contributed by atoms with E-state index in [9.17, 15) is 26.4 Å². The molecular formula is C19H19Cl2F3N2O3S2. The largest absolute Gasteiger partial charge is 0.417 e. The van der Waals surface area contributed by atoms with Crippen LogP contribution in [0.3, 0.4) is 0 Å². The predicted molar refractivity (Wildman–Crippen MR) is 119 cm³/mol. The number of benzene rings is 2. The lowest BCUT2D eigenvalue weighted by atomic mass is 10.2. The third-order valence-corrected chi connectivity index (χ3v) is 6.86. The molecule has 2 aromatic rings. The van der Waals surface area contributed by atoms with Gasteiger partial charge in [-0.25, -0.2) is 8.42 Å². The molecule has 2 rings (SSSR count). The van der Waals surface area contributed by atoms with Gasteiger partial charge in [-0.3, -0.25) is 9.10 Å². The van der Waals surface area contributed by atoms with Gasteiger partial charge in [-0.05, 0) is 29.8 Å². The van der Waals surface area contributed by atoms with E-state index < -0.39 is 39.2 Å². The number of rotatable bonds is 9. The number of hydrogen-bond donors (Lipinski definition) is 1. The summed E-state index contributed by atoms with van der Waals surface area (Å²) in [7, 11) is -4.02. The van der Waals surface area contributed by atoms with Crippen molar-refractivity contribution in [2.45, 2.75) is 11.9 Å². The van der Waals surface area contributed by atoms with Gasteiger partial charge in [0, 0.05) is 23.1 Å². The molecule has 0 saturated heterocycles. The highest BCUT2D eigenvalue weighted by Crippen LogP contribution is 2.37. The molecule has 0 radical (unpaired) electrons.